The highest BCUT2D eigenvalue weighted by molar-refractivity contribution is 9.10. The number of sulfonamides is 1. The van der Waals surface area contributed by atoms with Crippen LogP contribution in [0.5, 0.6) is 0 Å². The van der Waals surface area contributed by atoms with Gasteiger partial charge < -0.3 is 0 Å². The van der Waals surface area contributed by atoms with Crippen molar-refractivity contribution in [3.8, 4) is 0 Å². The van der Waals surface area contributed by atoms with Crippen molar-refractivity contribution >= 4 is 35.8 Å². The van der Waals surface area contributed by atoms with Gasteiger partial charge in [0.2, 0.25) is 10.0 Å². The number of nitrogens with zero attached hydrogens (tertiary/aromatic N) is 1. The Bertz CT molecular complexity index is 1010. The number of rotatable bonds is 3. The highest BCUT2D eigenvalue weighted by Gasteiger charge is 2.36. The second-order valence-electron chi connectivity index (χ2n) is 6.02. The van der Waals surface area contributed by atoms with E-state index in [9.17, 15) is 21.2 Å². The number of hydrogen-bond acceptors (Lipinski definition) is 4. The molecule has 0 saturated carbocycles. The number of benzene rings is 2. The first-order chi connectivity index (χ1) is 12.2. The van der Waals surface area contributed by atoms with Gasteiger partial charge in [0.25, 0.3) is 0 Å². The fourth-order valence-electron chi connectivity index (χ4n) is 3.01. The van der Waals surface area contributed by atoms with Gasteiger partial charge in [-0.2, -0.15) is 4.31 Å². The molecule has 0 bridgehead atoms. The summed E-state index contributed by atoms with van der Waals surface area (Å²) in [5, 5.41) is -1.05. The first kappa shape index (κ1) is 19.5. The molecule has 0 aliphatic carbocycles. The van der Waals surface area contributed by atoms with Gasteiger partial charge in [-0.05, 0) is 36.8 Å². The largest absolute Gasteiger partial charge is 0.243 e. The Kier molecular flexibility index (Phi) is 5.53. The Labute approximate surface area is 160 Å². The van der Waals surface area contributed by atoms with Gasteiger partial charge in [-0.15, -0.1) is 0 Å². The Morgan fingerprint density at radius 1 is 1.04 bits per heavy atom. The number of sulfone groups is 1. The van der Waals surface area contributed by atoms with Crippen LogP contribution in [0.2, 0.25) is 0 Å². The molecule has 9 heteroatoms. The van der Waals surface area contributed by atoms with E-state index in [1.165, 1.54) is 30.3 Å². The minimum absolute atomic E-state index is 0.0105. The Morgan fingerprint density at radius 3 is 2.35 bits per heavy atom. The van der Waals surface area contributed by atoms with Gasteiger partial charge in [0.05, 0.1) is 15.9 Å². The van der Waals surface area contributed by atoms with Gasteiger partial charge in [-0.25, -0.2) is 21.2 Å². The maximum Gasteiger partial charge on any atom is 0.243 e. The van der Waals surface area contributed by atoms with E-state index in [4.69, 9.17) is 0 Å². The molecule has 0 spiro atoms. The number of halogens is 2. The molecule has 1 atom stereocenters. The molecule has 1 aliphatic heterocycles. The second kappa shape index (κ2) is 7.38. The second-order valence-corrected chi connectivity index (χ2v) is 11.2. The van der Waals surface area contributed by atoms with Crippen molar-refractivity contribution in [1.82, 2.24) is 4.31 Å². The molecule has 26 heavy (non-hydrogen) atoms. The molecule has 0 aromatic heterocycles. The van der Waals surface area contributed by atoms with Crippen molar-refractivity contribution in [1.29, 1.82) is 0 Å². The van der Waals surface area contributed by atoms with Crippen molar-refractivity contribution in [3.05, 3.63) is 64.4 Å². The smallest absolute Gasteiger partial charge is 0.228 e. The summed E-state index contributed by atoms with van der Waals surface area (Å²) in [5.41, 5.74) is 0.0930. The summed E-state index contributed by atoms with van der Waals surface area (Å²) in [6.45, 7) is -0.137. The summed E-state index contributed by atoms with van der Waals surface area (Å²) < 4.78 is 66.8. The third kappa shape index (κ3) is 3.85. The van der Waals surface area contributed by atoms with Gasteiger partial charge >= 0.3 is 0 Å². The van der Waals surface area contributed by atoms with Crippen molar-refractivity contribution in [2.75, 3.05) is 18.8 Å². The minimum atomic E-state index is -3.81. The summed E-state index contributed by atoms with van der Waals surface area (Å²) in [7, 11) is -7.49. The molecule has 0 N–H and O–H groups in total. The van der Waals surface area contributed by atoms with Crippen LogP contribution in [0, 0.1) is 5.82 Å². The molecule has 1 fully saturated rings. The normalized spacial score (nSPS) is 21.2. The van der Waals surface area contributed by atoms with Crippen molar-refractivity contribution < 1.29 is 21.2 Å². The summed E-state index contributed by atoms with van der Waals surface area (Å²) in [4.78, 5) is 0.0995. The summed E-state index contributed by atoms with van der Waals surface area (Å²) in [6.07, 6.45) is 0.0129. The van der Waals surface area contributed by atoms with Crippen LogP contribution in [-0.2, 0) is 19.9 Å². The van der Waals surface area contributed by atoms with Crippen LogP contribution in [0.25, 0.3) is 0 Å². The molecule has 3 rings (SSSR count). The molecule has 0 amide bonds. The van der Waals surface area contributed by atoms with E-state index < -0.39 is 30.9 Å². The molecule has 2 aromatic carbocycles. The fraction of sp³-hybridized carbons (Fsp3) is 0.294. The zero-order valence-corrected chi connectivity index (χ0v) is 16.9. The number of hydrogen-bond donors (Lipinski definition) is 0. The van der Waals surface area contributed by atoms with Gasteiger partial charge in [0, 0.05) is 23.1 Å². The van der Waals surface area contributed by atoms with Crippen LogP contribution in [0.1, 0.15) is 17.2 Å². The minimum Gasteiger partial charge on any atom is -0.228 e. The van der Waals surface area contributed by atoms with E-state index in [0.29, 0.717) is 0 Å². The zero-order valence-electron chi connectivity index (χ0n) is 13.7. The first-order valence-electron chi connectivity index (χ1n) is 7.93. The van der Waals surface area contributed by atoms with E-state index in [1.54, 1.807) is 18.2 Å². The maximum atomic E-state index is 14.1. The molecule has 5 nitrogen and oxygen atoms in total. The molecule has 1 saturated heterocycles. The first-order valence-corrected chi connectivity index (χ1v) is 11.9. The van der Waals surface area contributed by atoms with Crippen LogP contribution in [0.3, 0.4) is 0 Å². The average Bonchev–Trinajstić information content (AvgIpc) is 2.74. The van der Waals surface area contributed by atoms with Crippen molar-refractivity contribution in [3.63, 3.8) is 0 Å². The Balaban J connectivity index is 1.91. The molecular formula is C17H17BrFNO4S2. The summed E-state index contributed by atoms with van der Waals surface area (Å²) in [6, 6.07) is 11.9. The third-order valence-electron chi connectivity index (χ3n) is 4.40. The van der Waals surface area contributed by atoms with E-state index in [0.717, 1.165) is 8.78 Å². The molecule has 0 radical (unpaired) electrons. The summed E-state index contributed by atoms with van der Waals surface area (Å²) >= 11 is 3.25. The van der Waals surface area contributed by atoms with E-state index in [-0.39, 0.29) is 35.7 Å². The standard InChI is InChI=1S/C17H17BrFNO4S2/c18-13-5-7-14(8-6-13)26(23,24)20-10-9-17(25(21,22)12-11-20)15-3-1-2-4-16(15)19/h1-8,17H,9-12H2. The lowest BCUT2D eigenvalue weighted by atomic mass is 10.1. The lowest BCUT2D eigenvalue weighted by molar-refractivity contribution is 0.427. The third-order valence-corrected chi connectivity index (χ3v) is 8.95. The molecule has 2 aromatic rings. The van der Waals surface area contributed by atoms with E-state index >= 15 is 0 Å². The average molecular weight is 462 g/mol. The van der Waals surface area contributed by atoms with Crippen LogP contribution in [0.4, 0.5) is 4.39 Å². The van der Waals surface area contributed by atoms with Crippen LogP contribution in [0.15, 0.2) is 57.9 Å². The lowest BCUT2D eigenvalue weighted by Crippen LogP contribution is -2.33. The monoisotopic (exact) mass is 461 g/mol. The highest BCUT2D eigenvalue weighted by Crippen LogP contribution is 2.32. The van der Waals surface area contributed by atoms with Crippen LogP contribution >= 0.6 is 15.9 Å². The maximum absolute atomic E-state index is 14.1. The van der Waals surface area contributed by atoms with Gasteiger partial charge in [-0.1, -0.05) is 34.1 Å². The SMILES string of the molecule is O=S1(=O)CCN(S(=O)(=O)c2ccc(Br)cc2)CCC1c1ccccc1F. The highest BCUT2D eigenvalue weighted by atomic mass is 79.9. The van der Waals surface area contributed by atoms with Crippen molar-refractivity contribution in [2.24, 2.45) is 0 Å². The quantitative estimate of drug-likeness (QED) is 0.703. The van der Waals surface area contributed by atoms with Gasteiger partial charge in [0.15, 0.2) is 9.84 Å². The predicted molar refractivity (Wildman–Crippen MR) is 100 cm³/mol. The molecule has 1 heterocycles. The Hall–Kier alpha value is -1.29. The van der Waals surface area contributed by atoms with Gasteiger partial charge in [0.1, 0.15) is 5.82 Å². The molecule has 140 valence electrons. The van der Waals surface area contributed by atoms with Crippen molar-refractivity contribution in [2.45, 2.75) is 16.6 Å². The van der Waals surface area contributed by atoms with Crippen LogP contribution < -0.4 is 0 Å². The Morgan fingerprint density at radius 2 is 1.69 bits per heavy atom. The fourth-order valence-corrected chi connectivity index (χ4v) is 6.64. The lowest BCUT2D eigenvalue weighted by Gasteiger charge is -2.19. The van der Waals surface area contributed by atoms with Gasteiger partial charge in [-0.3, -0.25) is 0 Å². The van der Waals surface area contributed by atoms with E-state index in [2.05, 4.69) is 15.9 Å². The van der Waals surface area contributed by atoms with Crippen LogP contribution in [-0.4, -0.2) is 40.0 Å². The summed E-state index contributed by atoms with van der Waals surface area (Å²) in [5.74, 6) is -0.938. The predicted octanol–water partition coefficient (Wildman–Crippen LogP) is 3.14. The molecular weight excluding hydrogens is 445 g/mol. The van der Waals surface area contributed by atoms with E-state index in [1.807, 2.05) is 0 Å². The molecule has 1 unspecified atom stereocenters. The molecule has 1 aliphatic rings. The topological polar surface area (TPSA) is 71.5 Å². The zero-order chi connectivity index (χ0) is 18.9.